The zero-order valence-electron chi connectivity index (χ0n) is 17.3. The van der Waals surface area contributed by atoms with E-state index >= 15 is 0 Å². The van der Waals surface area contributed by atoms with Gasteiger partial charge in [0.05, 0.1) is 9.52 Å². The first-order valence-corrected chi connectivity index (χ1v) is 10.6. The highest BCUT2D eigenvalue weighted by molar-refractivity contribution is 6.68. The summed E-state index contributed by atoms with van der Waals surface area (Å²) < 4.78 is 12.6. The molecule has 0 saturated heterocycles. The number of hydrogen-bond donors (Lipinski definition) is 0. The van der Waals surface area contributed by atoms with Crippen molar-refractivity contribution in [2.24, 2.45) is 0 Å². The van der Waals surface area contributed by atoms with Crippen LogP contribution in [0.25, 0.3) is 5.57 Å². The van der Waals surface area contributed by atoms with Crippen LogP contribution in [0.4, 0.5) is 0 Å². The van der Waals surface area contributed by atoms with Crippen LogP contribution < -0.4 is 19.8 Å². The van der Waals surface area contributed by atoms with Gasteiger partial charge in [-0.3, -0.25) is 0 Å². The standard InChI is InChI=1S/C23H32O2Si/c1-16(2)17-11-9-12-18(15-17)26-20-14-10-13-19(24-22(3,4)5)21(20)25-23(6,7)8/h9-15H,1,26H2,2-8H3. The molecule has 2 aromatic rings. The highest BCUT2D eigenvalue weighted by Crippen LogP contribution is 2.31. The summed E-state index contributed by atoms with van der Waals surface area (Å²) in [4.78, 5) is 0. The lowest BCUT2D eigenvalue weighted by atomic mass is 10.1. The van der Waals surface area contributed by atoms with Gasteiger partial charge in [0.1, 0.15) is 11.2 Å². The molecule has 26 heavy (non-hydrogen) atoms. The van der Waals surface area contributed by atoms with Crippen molar-refractivity contribution in [1.82, 2.24) is 0 Å². The Kier molecular flexibility index (Phi) is 6.02. The number of rotatable bonds is 5. The van der Waals surface area contributed by atoms with Crippen LogP contribution in [0.2, 0.25) is 0 Å². The number of hydrogen-bond acceptors (Lipinski definition) is 2. The fourth-order valence-electron chi connectivity index (χ4n) is 2.70. The molecule has 0 fully saturated rings. The van der Waals surface area contributed by atoms with E-state index in [-0.39, 0.29) is 11.2 Å². The summed E-state index contributed by atoms with van der Waals surface area (Å²) in [6, 6.07) is 15.0. The molecule has 0 atom stereocenters. The minimum atomic E-state index is -0.706. The Labute approximate surface area is 161 Å². The zero-order chi connectivity index (χ0) is 19.5. The molecule has 2 rings (SSSR count). The normalized spacial score (nSPS) is 12.4. The van der Waals surface area contributed by atoms with Gasteiger partial charge in [0.25, 0.3) is 0 Å². The van der Waals surface area contributed by atoms with Crippen LogP contribution in [0.1, 0.15) is 54.0 Å². The van der Waals surface area contributed by atoms with Gasteiger partial charge in [-0.15, -0.1) is 0 Å². The number of ether oxygens (including phenoxy) is 2. The van der Waals surface area contributed by atoms with Gasteiger partial charge in [-0.05, 0) is 65.3 Å². The Morgan fingerprint density at radius 1 is 0.885 bits per heavy atom. The van der Waals surface area contributed by atoms with Gasteiger partial charge < -0.3 is 9.47 Å². The molecule has 0 N–H and O–H groups in total. The molecule has 0 radical (unpaired) electrons. The Hall–Kier alpha value is -2.00. The Morgan fingerprint density at radius 2 is 1.50 bits per heavy atom. The fourth-order valence-corrected chi connectivity index (χ4v) is 4.38. The first-order chi connectivity index (χ1) is 11.9. The summed E-state index contributed by atoms with van der Waals surface area (Å²) in [5.41, 5.74) is 1.75. The molecule has 0 amide bonds. The van der Waals surface area contributed by atoms with Crippen LogP contribution in [-0.4, -0.2) is 20.7 Å². The van der Waals surface area contributed by atoms with E-state index in [1.165, 1.54) is 15.9 Å². The lowest BCUT2D eigenvalue weighted by molar-refractivity contribution is 0.0969. The second-order valence-electron chi connectivity index (χ2n) is 8.83. The predicted octanol–water partition coefficient (Wildman–Crippen LogP) is 4.19. The Balaban J connectivity index is 2.45. The van der Waals surface area contributed by atoms with Crippen molar-refractivity contribution in [3.8, 4) is 11.5 Å². The molecule has 140 valence electrons. The van der Waals surface area contributed by atoms with Gasteiger partial charge in [0.15, 0.2) is 11.5 Å². The Bertz CT molecular complexity index is 780. The van der Waals surface area contributed by atoms with Crippen molar-refractivity contribution in [2.45, 2.75) is 59.7 Å². The lowest BCUT2D eigenvalue weighted by Crippen LogP contribution is -2.34. The van der Waals surface area contributed by atoms with E-state index in [2.05, 4.69) is 84.5 Å². The highest BCUT2D eigenvalue weighted by atomic mass is 28.2. The summed E-state index contributed by atoms with van der Waals surface area (Å²) in [5, 5.41) is 2.64. The molecule has 0 aliphatic rings. The summed E-state index contributed by atoms with van der Waals surface area (Å²) >= 11 is 0. The fraction of sp³-hybridized carbons (Fsp3) is 0.391. The minimum absolute atomic E-state index is 0.268. The van der Waals surface area contributed by atoms with Crippen LogP contribution in [-0.2, 0) is 0 Å². The van der Waals surface area contributed by atoms with Crippen molar-refractivity contribution < 1.29 is 9.47 Å². The quantitative estimate of drug-likeness (QED) is 0.737. The van der Waals surface area contributed by atoms with E-state index in [1.54, 1.807) is 0 Å². The van der Waals surface area contributed by atoms with E-state index in [1.807, 2.05) is 13.0 Å². The maximum atomic E-state index is 6.35. The molecule has 2 aromatic carbocycles. The van der Waals surface area contributed by atoms with Crippen LogP contribution in [0.5, 0.6) is 11.5 Å². The second-order valence-corrected chi connectivity index (χ2v) is 10.8. The van der Waals surface area contributed by atoms with Crippen molar-refractivity contribution in [1.29, 1.82) is 0 Å². The van der Waals surface area contributed by atoms with Crippen molar-refractivity contribution >= 4 is 25.5 Å². The number of benzene rings is 2. The Morgan fingerprint density at radius 3 is 2.08 bits per heavy atom. The zero-order valence-corrected chi connectivity index (χ0v) is 18.7. The van der Waals surface area contributed by atoms with E-state index < -0.39 is 9.52 Å². The van der Waals surface area contributed by atoms with Gasteiger partial charge in [0.2, 0.25) is 0 Å². The highest BCUT2D eigenvalue weighted by Gasteiger charge is 2.22. The van der Waals surface area contributed by atoms with E-state index in [0.29, 0.717) is 0 Å². The molecule has 3 heteroatoms. The minimum Gasteiger partial charge on any atom is -0.484 e. The van der Waals surface area contributed by atoms with E-state index in [4.69, 9.17) is 9.47 Å². The van der Waals surface area contributed by atoms with Gasteiger partial charge in [-0.1, -0.05) is 53.7 Å². The van der Waals surface area contributed by atoms with Gasteiger partial charge in [-0.25, -0.2) is 0 Å². The maximum Gasteiger partial charge on any atom is 0.161 e. The van der Waals surface area contributed by atoms with Crippen LogP contribution in [0.15, 0.2) is 49.0 Å². The first kappa shape index (κ1) is 20.3. The molecule has 0 heterocycles. The third kappa shape index (κ3) is 6.06. The first-order valence-electron chi connectivity index (χ1n) is 9.19. The predicted molar refractivity (Wildman–Crippen MR) is 116 cm³/mol. The van der Waals surface area contributed by atoms with Crippen LogP contribution >= 0.6 is 0 Å². The lowest BCUT2D eigenvalue weighted by Gasteiger charge is -2.28. The van der Waals surface area contributed by atoms with Crippen LogP contribution in [0, 0.1) is 0 Å². The molecule has 0 unspecified atom stereocenters. The SMILES string of the molecule is C=C(C)c1cccc([SiH2]c2cccc(OC(C)(C)C)c2OC(C)(C)C)c1. The molecule has 0 aliphatic carbocycles. The summed E-state index contributed by atoms with van der Waals surface area (Å²) in [5.74, 6) is 1.72. The monoisotopic (exact) mass is 368 g/mol. The summed E-state index contributed by atoms with van der Waals surface area (Å²) in [6.45, 7) is 18.5. The number of allylic oxidation sites excluding steroid dienone is 1. The summed E-state index contributed by atoms with van der Waals surface area (Å²) in [7, 11) is -0.706. The third-order valence-corrected chi connectivity index (χ3v) is 5.48. The van der Waals surface area contributed by atoms with Gasteiger partial charge in [0, 0.05) is 0 Å². The molecule has 0 spiro atoms. The van der Waals surface area contributed by atoms with Crippen molar-refractivity contribution in [3.63, 3.8) is 0 Å². The van der Waals surface area contributed by atoms with Gasteiger partial charge in [-0.2, -0.15) is 0 Å². The van der Waals surface area contributed by atoms with Gasteiger partial charge >= 0.3 is 0 Å². The van der Waals surface area contributed by atoms with Crippen molar-refractivity contribution in [2.75, 3.05) is 0 Å². The molecule has 0 aromatic heterocycles. The largest absolute Gasteiger partial charge is 0.484 e. The average Bonchev–Trinajstić information content (AvgIpc) is 2.48. The average molecular weight is 369 g/mol. The van der Waals surface area contributed by atoms with Crippen molar-refractivity contribution in [3.05, 3.63) is 54.6 Å². The molecule has 0 aliphatic heterocycles. The van der Waals surface area contributed by atoms with E-state index in [9.17, 15) is 0 Å². The molecular weight excluding hydrogens is 336 g/mol. The van der Waals surface area contributed by atoms with Crippen LogP contribution in [0.3, 0.4) is 0 Å². The van der Waals surface area contributed by atoms with E-state index in [0.717, 1.165) is 17.1 Å². The molecule has 0 bridgehead atoms. The molecule has 2 nitrogen and oxygen atoms in total. The second kappa shape index (κ2) is 7.71. The topological polar surface area (TPSA) is 18.5 Å². The maximum absolute atomic E-state index is 6.35. The molecular formula is C23H32O2Si. The smallest absolute Gasteiger partial charge is 0.161 e. The third-order valence-electron chi connectivity index (χ3n) is 3.70. The number of para-hydroxylation sites is 1. The summed E-state index contributed by atoms with van der Waals surface area (Å²) in [6.07, 6.45) is 0. The molecule has 0 saturated carbocycles.